The van der Waals surface area contributed by atoms with Crippen molar-refractivity contribution in [2.75, 3.05) is 18.9 Å². The van der Waals surface area contributed by atoms with E-state index in [1.54, 1.807) is 23.4 Å². The molecule has 7 heteroatoms. The van der Waals surface area contributed by atoms with Gasteiger partial charge in [-0.15, -0.1) is 11.8 Å². The van der Waals surface area contributed by atoms with Gasteiger partial charge in [0.05, 0.1) is 17.1 Å². The maximum absolute atomic E-state index is 12.5. The van der Waals surface area contributed by atoms with Crippen LogP contribution in [0.1, 0.15) is 21.7 Å². The van der Waals surface area contributed by atoms with Crippen LogP contribution >= 0.6 is 11.8 Å². The Morgan fingerprint density at radius 1 is 1.03 bits per heavy atom. The number of nitrogens with zero attached hydrogens (tertiary/aromatic N) is 2. The van der Waals surface area contributed by atoms with Crippen molar-refractivity contribution in [1.82, 2.24) is 15.1 Å². The third-order valence-corrected chi connectivity index (χ3v) is 5.28. The van der Waals surface area contributed by atoms with Gasteiger partial charge in [-0.25, -0.2) is 9.48 Å². The van der Waals surface area contributed by atoms with Crippen molar-refractivity contribution in [3.8, 4) is 5.69 Å². The standard InChI is InChI=1S/C22H23N3O3S/c1-16-21(17(2)25(24-16)18-9-5-3-6-10-18)22(27)28-15-20(26)23-13-14-29-19-11-7-4-8-12-19/h3-12H,13-15H2,1-2H3,(H,23,26). The number of carbonyl (C=O) groups excluding carboxylic acids is 2. The van der Waals surface area contributed by atoms with Gasteiger partial charge < -0.3 is 10.1 Å². The van der Waals surface area contributed by atoms with Crippen LogP contribution in [-0.4, -0.2) is 40.6 Å². The van der Waals surface area contributed by atoms with Crippen molar-refractivity contribution < 1.29 is 14.3 Å². The summed E-state index contributed by atoms with van der Waals surface area (Å²) in [5.41, 5.74) is 2.50. The molecule has 150 valence electrons. The van der Waals surface area contributed by atoms with Crippen molar-refractivity contribution >= 4 is 23.6 Å². The molecule has 1 amide bonds. The van der Waals surface area contributed by atoms with E-state index in [4.69, 9.17) is 4.74 Å². The van der Waals surface area contributed by atoms with E-state index in [2.05, 4.69) is 10.4 Å². The lowest BCUT2D eigenvalue weighted by Crippen LogP contribution is -2.30. The number of amides is 1. The van der Waals surface area contributed by atoms with Crippen molar-refractivity contribution in [2.45, 2.75) is 18.7 Å². The van der Waals surface area contributed by atoms with E-state index in [0.29, 0.717) is 23.5 Å². The van der Waals surface area contributed by atoms with Crippen LogP contribution in [0, 0.1) is 13.8 Å². The molecule has 0 aliphatic rings. The van der Waals surface area contributed by atoms with Crippen LogP contribution in [0.4, 0.5) is 0 Å². The predicted octanol–water partition coefficient (Wildman–Crippen LogP) is 3.55. The minimum atomic E-state index is -0.545. The Kier molecular flexibility index (Phi) is 7.08. The molecule has 0 spiro atoms. The summed E-state index contributed by atoms with van der Waals surface area (Å²) >= 11 is 1.65. The Hall–Kier alpha value is -3.06. The fraction of sp³-hybridized carbons (Fsp3) is 0.227. The topological polar surface area (TPSA) is 73.2 Å². The largest absolute Gasteiger partial charge is 0.452 e. The van der Waals surface area contributed by atoms with Gasteiger partial charge in [-0.3, -0.25) is 4.79 Å². The number of aryl methyl sites for hydroxylation is 1. The zero-order chi connectivity index (χ0) is 20.6. The van der Waals surface area contributed by atoms with Gasteiger partial charge in [-0.1, -0.05) is 36.4 Å². The number of benzene rings is 2. The molecule has 2 aromatic carbocycles. The minimum absolute atomic E-state index is 0.315. The number of thioether (sulfide) groups is 1. The van der Waals surface area contributed by atoms with Crippen LogP contribution in [-0.2, 0) is 9.53 Å². The summed E-state index contributed by atoms with van der Waals surface area (Å²) in [5.74, 6) is -0.125. The van der Waals surface area contributed by atoms with Crippen LogP contribution in [0.15, 0.2) is 65.6 Å². The van der Waals surface area contributed by atoms with Crippen molar-refractivity contribution in [2.24, 2.45) is 0 Å². The monoisotopic (exact) mass is 409 g/mol. The molecule has 1 heterocycles. The second-order valence-electron chi connectivity index (χ2n) is 6.38. The van der Waals surface area contributed by atoms with Gasteiger partial charge in [0.2, 0.25) is 0 Å². The Labute approximate surface area is 174 Å². The number of aromatic nitrogens is 2. The zero-order valence-corrected chi connectivity index (χ0v) is 17.2. The molecular formula is C22H23N3O3S. The highest BCUT2D eigenvalue weighted by atomic mass is 32.2. The van der Waals surface area contributed by atoms with Crippen LogP contribution in [0.25, 0.3) is 5.69 Å². The van der Waals surface area contributed by atoms with Crippen LogP contribution in [0.2, 0.25) is 0 Å². The molecule has 0 saturated heterocycles. The zero-order valence-electron chi connectivity index (χ0n) is 16.4. The number of nitrogens with one attached hydrogen (secondary N) is 1. The third kappa shape index (κ3) is 5.48. The maximum atomic E-state index is 12.5. The molecule has 0 bridgehead atoms. The third-order valence-electron chi connectivity index (χ3n) is 4.27. The maximum Gasteiger partial charge on any atom is 0.342 e. The van der Waals surface area contributed by atoms with Gasteiger partial charge in [0.25, 0.3) is 5.91 Å². The lowest BCUT2D eigenvalue weighted by Gasteiger charge is -2.07. The molecular weight excluding hydrogens is 386 g/mol. The van der Waals surface area contributed by atoms with E-state index >= 15 is 0 Å². The molecule has 1 aromatic heterocycles. The summed E-state index contributed by atoms with van der Waals surface area (Å²) in [7, 11) is 0. The van der Waals surface area contributed by atoms with E-state index in [1.807, 2.05) is 67.6 Å². The smallest absolute Gasteiger partial charge is 0.342 e. The summed E-state index contributed by atoms with van der Waals surface area (Å²) in [6.45, 7) is 3.75. The van der Waals surface area contributed by atoms with Gasteiger partial charge in [0.1, 0.15) is 5.56 Å². The van der Waals surface area contributed by atoms with E-state index in [0.717, 1.165) is 16.3 Å². The van der Waals surface area contributed by atoms with E-state index in [1.165, 1.54) is 0 Å². The average Bonchev–Trinajstić information content (AvgIpc) is 3.05. The molecule has 3 aromatic rings. The van der Waals surface area contributed by atoms with E-state index in [-0.39, 0.29) is 12.5 Å². The van der Waals surface area contributed by atoms with Gasteiger partial charge in [0, 0.05) is 17.2 Å². The van der Waals surface area contributed by atoms with Crippen LogP contribution in [0.5, 0.6) is 0 Å². The molecule has 0 atom stereocenters. The van der Waals surface area contributed by atoms with Gasteiger partial charge in [0.15, 0.2) is 6.61 Å². The summed E-state index contributed by atoms with van der Waals surface area (Å²) in [6, 6.07) is 19.5. The molecule has 0 radical (unpaired) electrons. The number of para-hydroxylation sites is 1. The minimum Gasteiger partial charge on any atom is -0.452 e. The second-order valence-corrected chi connectivity index (χ2v) is 7.55. The number of hydrogen-bond acceptors (Lipinski definition) is 5. The molecule has 0 unspecified atom stereocenters. The molecule has 3 rings (SSSR count). The summed E-state index contributed by atoms with van der Waals surface area (Å²) in [5, 5.41) is 7.19. The molecule has 0 fully saturated rings. The highest BCUT2D eigenvalue weighted by Gasteiger charge is 2.21. The quantitative estimate of drug-likeness (QED) is 0.350. The van der Waals surface area contributed by atoms with Crippen molar-refractivity contribution in [3.05, 3.63) is 77.6 Å². The molecule has 0 aliphatic carbocycles. The Bertz CT molecular complexity index is 972. The predicted molar refractivity (Wildman–Crippen MR) is 113 cm³/mol. The lowest BCUT2D eigenvalue weighted by molar-refractivity contribution is -0.124. The Balaban J connectivity index is 1.49. The summed E-state index contributed by atoms with van der Waals surface area (Å²) in [6.07, 6.45) is 0. The first-order valence-electron chi connectivity index (χ1n) is 9.29. The highest BCUT2D eigenvalue weighted by molar-refractivity contribution is 7.99. The Morgan fingerprint density at radius 2 is 1.69 bits per heavy atom. The van der Waals surface area contributed by atoms with Crippen LogP contribution in [0.3, 0.4) is 0 Å². The molecule has 29 heavy (non-hydrogen) atoms. The molecule has 6 nitrogen and oxygen atoms in total. The van der Waals surface area contributed by atoms with E-state index < -0.39 is 5.97 Å². The highest BCUT2D eigenvalue weighted by Crippen LogP contribution is 2.19. The summed E-state index contributed by atoms with van der Waals surface area (Å²) in [4.78, 5) is 25.6. The second kappa shape index (κ2) is 9.93. The number of rotatable bonds is 8. The molecule has 0 saturated carbocycles. The van der Waals surface area contributed by atoms with Crippen molar-refractivity contribution in [1.29, 1.82) is 0 Å². The first kappa shape index (κ1) is 20.7. The van der Waals surface area contributed by atoms with E-state index in [9.17, 15) is 9.59 Å². The fourth-order valence-corrected chi connectivity index (χ4v) is 3.68. The van der Waals surface area contributed by atoms with Crippen molar-refractivity contribution in [3.63, 3.8) is 0 Å². The summed E-state index contributed by atoms with van der Waals surface area (Å²) < 4.78 is 6.91. The number of carbonyl (C=O) groups is 2. The average molecular weight is 410 g/mol. The number of ether oxygens (including phenoxy) is 1. The normalized spacial score (nSPS) is 10.6. The SMILES string of the molecule is Cc1nn(-c2ccccc2)c(C)c1C(=O)OCC(=O)NCCSc1ccccc1. The number of hydrogen-bond donors (Lipinski definition) is 1. The lowest BCUT2D eigenvalue weighted by atomic mass is 10.2. The fourth-order valence-electron chi connectivity index (χ4n) is 2.89. The van der Waals surface area contributed by atoms with Crippen LogP contribution < -0.4 is 5.32 Å². The molecule has 0 aliphatic heterocycles. The first-order chi connectivity index (χ1) is 14.1. The van der Waals surface area contributed by atoms with Gasteiger partial charge >= 0.3 is 5.97 Å². The van der Waals surface area contributed by atoms with Gasteiger partial charge in [-0.05, 0) is 38.1 Å². The number of esters is 1. The first-order valence-corrected chi connectivity index (χ1v) is 10.3. The van der Waals surface area contributed by atoms with Gasteiger partial charge in [-0.2, -0.15) is 5.10 Å². The Morgan fingerprint density at radius 3 is 2.38 bits per heavy atom. The molecule has 1 N–H and O–H groups in total.